The van der Waals surface area contributed by atoms with Gasteiger partial charge in [-0.05, 0) is 42.7 Å². The quantitative estimate of drug-likeness (QED) is 0.594. The van der Waals surface area contributed by atoms with Crippen molar-refractivity contribution in [3.8, 4) is 0 Å². The molecule has 1 fully saturated rings. The summed E-state index contributed by atoms with van der Waals surface area (Å²) in [6, 6.07) is 10.7. The van der Waals surface area contributed by atoms with Crippen LogP contribution in [0.3, 0.4) is 0 Å². The van der Waals surface area contributed by atoms with Crippen molar-refractivity contribution in [3.63, 3.8) is 0 Å². The first kappa shape index (κ1) is 19.4. The zero-order valence-electron chi connectivity index (χ0n) is 15.3. The number of hydrogen-bond acceptors (Lipinski definition) is 4. The Labute approximate surface area is 171 Å². The van der Waals surface area contributed by atoms with Crippen molar-refractivity contribution in [2.24, 2.45) is 0 Å². The molecule has 4 rings (SSSR count). The van der Waals surface area contributed by atoms with Crippen LogP contribution in [0.15, 0.2) is 56.8 Å². The molecule has 0 amide bonds. The lowest BCUT2D eigenvalue weighted by Crippen LogP contribution is -2.32. The molecule has 9 heteroatoms. The minimum absolute atomic E-state index is 0.0852. The van der Waals surface area contributed by atoms with Crippen LogP contribution in [0.25, 0.3) is 5.65 Å². The van der Waals surface area contributed by atoms with Crippen LogP contribution < -0.4 is 5.69 Å². The van der Waals surface area contributed by atoms with Crippen LogP contribution in [0, 0.1) is 0 Å². The maximum absolute atomic E-state index is 13.2. The highest BCUT2D eigenvalue weighted by atomic mass is 79.9. The zero-order chi connectivity index (χ0) is 19.7. The fourth-order valence-corrected chi connectivity index (χ4v) is 5.63. The lowest BCUT2D eigenvalue weighted by atomic mass is 10.2. The van der Waals surface area contributed by atoms with Crippen LogP contribution in [0.4, 0.5) is 0 Å². The van der Waals surface area contributed by atoms with Crippen molar-refractivity contribution in [2.75, 3.05) is 13.1 Å². The van der Waals surface area contributed by atoms with Gasteiger partial charge in [0.2, 0.25) is 10.0 Å². The lowest BCUT2D eigenvalue weighted by molar-refractivity contribution is 0.424. The maximum atomic E-state index is 13.2. The van der Waals surface area contributed by atoms with Gasteiger partial charge in [-0.3, -0.25) is 0 Å². The molecule has 7 nitrogen and oxygen atoms in total. The van der Waals surface area contributed by atoms with E-state index >= 15 is 0 Å². The second-order valence-corrected chi connectivity index (χ2v) is 9.78. The third kappa shape index (κ3) is 3.66. The highest BCUT2D eigenvalue weighted by molar-refractivity contribution is 9.10. The van der Waals surface area contributed by atoms with E-state index in [0.29, 0.717) is 13.1 Å². The van der Waals surface area contributed by atoms with Gasteiger partial charge in [-0.25, -0.2) is 22.3 Å². The normalized spacial score (nSPS) is 16.3. The Kier molecular flexibility index (Phi) is 5.39. The molecule has 1 saturated heterocycles. The van der Waals surface area contributed by atoms with Crippen LogP contribution in [0.5, 0.6) is 0 Å². The summed E-state index contributed by atoms with van der Waals surface area (Å²) in [4.78, 5) is 12.9. The van der Waals surface area contributed by atoms with Gasteiger partial charge in [0.25, 0.3) is 0 Å². The van der Waals surface area contributed by atoms with Crippen molar-refractivity contribution in [1.82, 2.24) is 18.5 Å². The Balaban J connectivity index is 1.77. The predicted octanol–water partition coefficient (Wildman–Crippen LogP) is 2.87. The molecule has 148 valence electrons. The standard InChI is InChI=1S/C19H21BrN4O3S/c20-16-8-5-7-15(13-16)14-24-19(25)23-12-6-9-17(18(23)21-24)28(26,27)22-10-3-1-2-4-11-22/h5-9,12-13H,1-4,10-11,14H2. The molecule has 0 spiro atoms. The van der Waals surface area contributed by atoms with Gasteiger partial charge in [0.15, 0.2) is 5.65 Å². The average molecular weight is 465 g/mol. The summed E-state index contributed by atoms with van der Waals surface area (Å²) in [6.45, 7) is 1.28. The molecule has 1 aliphatic rings. The molecule has 1 aliphatic heterocycles. The minimum atomic E-state index is -3.70. The van der Waals surface area contributed by atoms with Crippen molar-refractivity contribution < 1.29 is 8.42 Å². The molecule has 0 unspecified atom stereocenters. The molecule has 3 heterocycles. The Morgan fingerprint density at radius 2 is 1.79 bits per heavy atom. The molecule has 0 radical (unpaired) electrons. The molecule has 0 N–H and O–H groups in total. The Morgan fingerprint density at radius 1 is 1.04 bits per heavy atom. The number of sulfonamides is 1. The molecule has 1 aromatic carbocycles. The second kappa shape index (κ2) is 7.81. The van der Waals surface area contributed by atoms with E-state index in [2.05, 4.69) is 21.0 Å². The van der Waals surface area contributed by atoms with E-state index < -0.39 is 10.0 Å². The number of halogens is 1. The first-order valence-corrected chi connectivity index (χ1v) is 11.5. The Hall–Kier alpha value is -1.97. The number of nitrogens with zero attached hydrogens (tertiary/aromatic N) is 4. The molecular weight excluding hydrogens is 444 g/mol. The van der Waals surface area contributed by atoms with E-state index in [1.54, 1.807) is 12.3 Å². The van der Waals surface area contributed by atoms with Crippen molar-refractivity contribution in [3.05, 3.63) is 63.1 Å². The van der Waals surface area contributed by atoms with Crippen LogP contribution in [-0.4, -0.2) is 40.0 Å². The minimum Gasteiger partial charge on any atom is -0.249 e. The van der Waals surface area contributed by atoms with Crippen molar-refractivity contribution >= 4 is 31.6 Å². The molecule has 0 aliphatic carbocycles. The van der Waals surface area contributed by atoms with Gasteiger partial charge in [0.05, 0.1) is 6.54 Å². The van der Waals surface area contributed by atoms with E-state index in [9.17, 15) is 13.2 Å². The smallest absolute Gasteiger partial charge is 0.249 e. The van der Waals surface area contributed by atoms with E-state index in [0.717, 1.165) is 35.7 Å². The zero-order valence-corrected chi connectivity index (χ0v) is 17.7. The number of benzene rings is 1. The highest BCUT2D eigenvalue weighted by Gasteiger charge is 2.28. The second-order valence-electron chi connectivity index (χ2n) is 6.95. The molecular formula is C19H21BrN4O3S. The third-order valence-electron chi connectivity index (χ3n) is 4.98. The Bertz CT molecular complexity index is 1160. The van der Waals surface area contributed by atoms with Gasteiger partial charge >= 0.3 is 5.69 Å². The lowest BCUT2D eigenvalue weighted by Gasteiger charge is -2.19. The molecule has 0 bridgehead atoms. The number of hydrogen-bond donors (Lipinski definition) is 0. The average Bonchev–Trinajstić information content (AvgIpc) is 2.86. The largest absolute Gasteiger partial charge is 0.350 e. The number of fused-ring (bicyclic) bond motifs is 1. The van der Waals surface area contributed by atoms with Gasteiger partial charge < -0.3 is 0 Å². The van der Waals surface area contributed by atoms with Crippen molar-refractivity contribution in [2.45, 2.75) is 37.1 Å². The van der Waals surface area contributed by atoms with Gasteiger partial charge in [-0.2, -0.15) is 4.31 Å². The van der Waals surface area contributed by atoms with Crippen LogP contribution in [0.2, 0.25) is 0 Å². The molecule has 2 aromatic heterocycles. The van der Waals surface area contributed by atoms with E-state index in [4.69, 9.17) is 0 Å². The van der Waals surface area contributed by atoms with Crippen molar-refractivity contribution in [1.29, 1.82) is 0 Å². The first-order chi connectivity index (χ1) is 13.5. The predicted molar refractivity (Wildman–Crippen MR) is 110 cm³/mol. The van der Waals surface area contributed by atoms with Crippen LogP contribution >= 0.6 is 15.9 Å². The summed E-state index contributed by atoms with van der Waals surface area (Å²) in [6.07, 6.45) is 5.34. The highest BCUT2D eigenvalue weighted by Crippen LogP contribution is 2.22. The summed E-state index contributed by atoms with van der Waals surface area (Å²) in [5, 5.41) is 4.37. The Morgan fingerprint density at radius 3 is 2.50 bits per heavy atom. The number of aromatic nitrogens is 3. The number of pyridine rings is 1. The van der Waals surface area contributed by atoms with Gasteiger partial charge in [-0.15, -0.1) is 5.10 Å². The molecule has 0 saturated carbocycles. The summed E-state index contributed by atoms with van der Waals surface area (Å²) < 4.78 is 31.5. The fraction of sp³-hybridized carbons (Fsp3) is 0.368. The SMILES string of the molecule is O=c1n(Cc2cccc(Br)c2)nc2c(S(=O)(=O)N3CCCCCC3)cccn12. The molecule has 0 atom stereocenters. The number of rotatable bonds is 4. The van der Waals surface area contributed by atoms with Crippen LogP contribution in [0.1, 0.15) is 31.2 Å². The summed E-state index contributed by atoms with van der Waals surface area (Å²) >= 11 is 3.42. The summed E-state index contributed by atoms with van der Waals surface area (Å²) in [5.41, 5.74) is 0.714. The van der Waals surface area contributed by atoms with Crippen LogP contribution in [-0.2, 0) is 16.6 Å². The summed E-state index contributed by atoms with van der Waals surface area (Å²) in [5.74, 6) is 0. The van der Waals surface area contributed by atoms with E-state index in [1.807, 2.05) is 24.3 Å². The first-order valence-electron chi connectivity index (χ1n) is 9.29. The van der Waals surface area contributed by atoms with Gasteiger partial charge in [0, 0.05) is 23.8 Å². The topological polar surface area (TPSA) is 76.7 Å². The maximum Gasteiger partial charge on any atom is 0.350 e. The molecule has 28 heavy (non-hydrogen) atoms. The van der Waals surface area contributed by atoms with Gasteiger partial charge in [0.1, 0.15) is 4.90 Å². The summed E-state index contributed by atoms with van der Waals surface area (Å²) in [7, 11) is -3.70. The van der Waals surface area contributed by atoms with E-state index in [-0.39, 0.29) is 22.8 Å². The molecule has 3 aromatic rings. The van der Waals surface area contributed by atoms with Gasteiger partial charge in [-0.1, -0.05) is 40.9 Å². The fourth-order valence-electron chi connectivity index (χ4n) is 3.55. The monoisotopic (exact) mass is 464 g/mol. The third-order valence-corrected chi connectivity index (χ3v) is 7.39. The van der Waals surface area contributed by atoms with E-state index in [1.165, 1.54) is 19.5 Å².